The third-order valence-corrected chi connectivity index (χ3v) is 6.65. The molecule has 0 amide bonds. The Kier molecular flexibility index (Phi) is 6.22. The lowest BCUT2D eigenvalue weighted by Crippen LogP contribution is -2.34. The van der Waals surface area contributed by atoms with Crippen molar-refractivity contribution in [3.8, 4) is 0 Å². The van der Waals surface area contributed by atoms with Crippen molar-refractivity contribution in [2.45, 2.75) is 49.1 Å². The van der Waals surface area contributed by atoms with Gasteiger partial charge in [0.1, 0.15) is 23.4 Å². The summed E-state index contributed by atoms with van der Waals surface area (Å²) in [6.45, 7) is 0. The molecule has 34 heavy (non-hydrogen) atoms. The van der Waals surface area contributed by atoms with E-state index in [1.807, 2.05) is 0 Å². The number of carbonyl (C=O) groups is 4. The molecule has 4 bridgehead atoms. The van der Waals surface area contributed by atoms with Gasteiger partial charge in [-0.15, -0.1) is 0 Å². The van der Waals surface area contributed by atoms with Crippen LogP contribution in [0.5, 0.6) is 0 Å². The summed E-state index contributed by atoms with van der Waals surface area (Å²) >= 11 is 0. The highest BCUT2D eigenvalue weighted by Gasteiger charge is 2.56. The third kappa shape index (κ3) is 3.48. The van der Waals surface area contributed by atoms with Crippen LogP contribution in [0.4, 0.5) is 0 Å². The number of carbonyl (C=O) groups excluding carboxylic acids is 4. The average Bonchev–Trinajstić information content (AvgIpc) is 3.61. The first-order valence-corrected chi connectivity index (χ1v) is 10.8. The number of ether oxygens (including phenoxy) is 6. The van der Waals surface area contributed by atoms with Gasteiger partial charge in [0.05, 0.1) is 50.7 Å². The van der Waals surface area contributed by atoms with Crippen LogP contribution in [0, 0.1) is 0 Å². The number of fused-ring (bicyclic) bond motifs is 4. The van der Waals surface area contributed by atoms with Crippen LogP contribution in [-0.2, 0) is 47.6 Å². The summed E-state index contributed by atoms with van der Waals surface area (Å²) in [6, 6.07) is 0. The Bertz CT molecular complexity index is 980. The van der Waals surface area contributed by atoms with E-state index < -0.39 is 47.3 Å². The molecule has 4 aliphatic heterocycles. The monoisotopic (exact) mass is 474 g/mol. The molecule has 0 saturated carbocycles. The molecule has 0 spiro atoms. The van der Waals surface area contributed by atoms with Crippen LogP contribution in [-0.4, -0.2) is 75.7 Å². The second-order valence-electron chi connectivity index (χ2n) is 8.32. The van der Waals surface area contributed by atoms with Crippen molar-refractivity contribution in [2.75, 3.05) is 28.4 Å². The van der Waals surface area contributed by atoms with E-state index in [1.54, 1.807) is 24.3 Å². The Balaban J connectivity index is 1.51. The van der Waals surface area contributed by atoms with Crippen molar-refractivity contribution in [2.24, 2.45) is 0 Å². The van der Waals surface area contributed by atoms with Gasteiger partial charge in [0.15, 0.2) is 0 Å². The van der Waals surface area contributed by atoms with E-state index in [1.165, 1.54) is 28.4 Å². The van der Waals surface area contributed by atoms with Crippen molar-refractivity contribution in [1.82, 2.24) is 0 Å². The number of unbranched alkanes of at least 4 members (excludes halogenated alkanes) is 1. The van der Waals surface area contributed by atoms with Gasteiger partial charge in [-0.25, -0.2) is 19.2 Å². The van der Waals surface area contributed by atoms with Gasteiger partial charge in [-0.05, 0) is 37.8 Å². The van der Waals surface area contributed by atoms with Gasteiger partial charge < -0.3 is 28.4 Å². The van der Waals surface area contributed by atoms with Crippen molar-refractivity contribution >= 4 is 23.9 Å². The maximum atomic E-state index is 12.5. The topological polar surface area (TPSA) is 124 Å². The van der Waals surface area contributed by atoms with E-state index in [-0.39, 0.29) is 22.3 Å². The van der Waals surface area contributed by atoms with Gasteiger partial charge in [0.25, 0.3) is 0 Å². The number of hydrogen-bond acceptors (Lipinski definition) is 10. The third-order valence-electron chi connectivity index (χ3n) is 6.65. The van der Waals surface area contributed by atoms with Gasteiger partial charge in [-0.2, -0.15) is 0 Å². The molecule has 0 aromatic carbocycles. The Morgan fingerprint density at radius 3 is 1.35 bits per heavy atom. The fourth-order valence-corrected chi connectivity index (χ4v) is 5.17. The predicted molar refractivity (Wildman–Crippen MR) is 114 cm³/mol. The molecule has 0 fully saturated rings. The summed E-state index contributed by atoms with van der Waals surface area (Å²) in [4.78, 5) is 49.6. The molecule has 0 radical (unpaired) electrons. The summed E-state index contributed by atoms with van der Waals surface area (Å²) in [6.07, 6.45) is 7.51. The second kappa shape index (κ2) is 8.84. The maximum absolute atomic E-state index is 12.5. The molecule has 10 heteroatoms. The zero-order chi connectivity index (χ0) is 24.7. The van der Waals surface area contributed by atoms with Crippen molar-refractivity contribution in [1.29, 1.82) is 0 Å². The predicted octanol–water partition coefficient (Wildman–Crippen LogP) is 1.25. The van der Waals surface area contributed by atoms with Crippen molar-refractivity contribution < 1.29 is 47.6 Å². The van der Waals surface area contributed by atoms with Gasteiger partial charge >= 0.3 is 23.9 Å². The SMILES string of the molecule is COC(=O)C1=C(C(=O)OC)[C@@]2(CCCC[C@@]34C=C[C@@H](O3)C(C(=O)OC)=C4C(=O)OC)C=C[C@@H]1O2. The minimum atomic E-state index is -1.10. The fraction of sp³-hybridized carbons (Fsp3) is 0.500. The molecule has 0 unspecified atom stereocenters. The van der Waals surface area contributed by atoms with Crippen LogP contribution >= 0.6 is 0 Å². The quantitative estimate of drug-likeness (QED) is 0.209. The van der Waals surface area contributed by atoms with Crippen LogP contribution in [0.3, 0.4) is 0 Å². The smallest absolute Gasteiger partial charge is 0.337 e. The molecular weight excluding hydrogens is 448 g/mol. The number of hydrogen-bond donors (Lipinski definition) is 0. The first-order valence-electron chi connectivity index (χ1n) is 10.8. The number of esters is 4. The Hall–Kier alpha value is -3.24. The molecule has 0 saturated heterocycles. The molecule has 0 aromatic heterocycles. The highest BCUT2D eigenvalue weighted by atomic mass is 16.6. The first kappa shape index (κ1) is 23.9. The van der Waals surface area contributed by atoms with E-state index in [0.29, 0.717) is 25.7 Å². The largest absolute Gasteiger partial charge is 0.466 e. The van der Waals surface area contributed by atoms with Crippen molar-refractivity contribution in [3.05, 3.63) is 46.6 Å². The first-order chi connectivity index (χ1) is 16.3. The summed E-state index contributed by atoms with van der Waals surface area (Å²) in [5.74, 6) is -2.57. The van der Waals surface area contributed by atoms with Gasteiger partial charge in [-0.3, -0.25) is 0 Å². The van der Waals surface area contributed by atoms with E-state index >= 15 is 0 Å². The number of rotatable bonds is 9. The minimum Gasteiger partial charge on any atom is -0.466 e. The van der Waals surface area contributed by atoms with Crippen LogP contribution in [0.15, 0.2) is 46.6 Å². The summed E-state index contributed by atoms with van der Waals surface area (Å²) in [5, 5.41) is 0. The van der Waals surface area contributed by atoms with Crippen molar-refractivity contribution in [3.63, 3.8) is 0 Å². The lowest BCUT2D eigenvalue weighted by Gasteiger charge is -2.28. The Labute approximate surface area is 196 Å². The van der Waals surface area contributed by atoms with E-state index in [0.717, 1.165) is 0 Å². The average molecular weight is 474 g/mol. The summed E-state index contributed by atoms with van der Waals surface area (Å²) in [5.41, 5.74) is -1.60. The fourth-order valence-electron chi connectivity index (χ4n) is 5.17. The molecule has 4 rings (SSSR count). The lowest BCUT2D eigenvalue weighted by atomic mass is 9.80. The standard InChI is InChI=1S/C24H26O10/c1-29-19(25)15-13-7-11-23(33-13,17(15)21(27)31-3)9-5-6-10-24-12-8-14(34-24)16(20(26)30-2)18(24)22(28)32-4/h7-8,11-14H,5-6,9-10H2,1-4H3/t13-,14+,23+,24-. The molecule has 4 atom stereocenters. The summed E-state index contributed by atoms with van der Waals surface area (Å²) in [7, 11) is 4.97. The highest BCUT2D eigenvalue weighted by Crippen LogP contribution is 2.49. The Morgan fingerprint density at radius 1 is 0.676 bits per heavy atom. The van der Waals surface area contributed by atoms with Crippen LogP contribution in [0.25, 0.3) is 0 Å². The molecule has 0 aliphatic carbocycles. The molecule has 4 aliphatic rings. The molecule has 0 aromatic rings. The maximum Gasteiger partial charge on any atom is 0.337 e. The van der Waals surface area contributed by atoms with Gasteiger partial charge in [0.2, 0.25) is 0 Å². The normalized spacial score (nSPS) is 30.2. The zero-order valence-corrected chi connectivity index (χ0v) is 19.4. The van der Waals surface area contributed by atoms with Gasteiger partial charge in [0, 0.05) is 0 Å². The highest BCUT2D eigenvalue weighted by molar-refractivity contribution is 6.05. The Morgan fingerprint density at radius 2 is 1.03 bits per heavy atom. The second-order valence-corrected chi connectivity index (χ2v) is 8.32. The molecule has 0 N–H and O–H groups in total. The summed E-state index contributed by atoms with van der Waals surface area (Å²) < 4.78 is 31.5. The van der Waals surface area contributed by atoms with Gasteiger partial charge in [-0.1, -0.05) is 12.2 Å². The van der Waals surface area contributed by atoms with Crippen LogP contribution in [0.1, 0.15) is 25.7 Å². The molecule has 10 nitrogen and oxygen atoms in total. The van der Waals surface area contributed by atoms with Crippen LogP contribution < -0.4 is 0 Å². The molecule has 182 valence electrons. The minimum absolute atomic E-state index is 0.147. The van der Waals surface area contributed by atoms with E-state index in [2.05, 4.69) is 0 Å². The lowest BCUT2D eigenvalue weighted by molar-refractivity contribution is -0.139. The molecular formula is C24H26O10. The molecule has 4 heterocycles. The van der Waals surface area contributed by atoms with Crippen LogP contribution in [0.2, 0.25) is 0 Å². The van der Waals surface area contributed by atoms with E-state index in [4.69, 9.17) is 28.4 Å². The van der Waals surface area contributed by atoms with E-state index in [9.17, 15) is 19.2 Å². The number of methoxy groups -OCH3 is 4. The zero-order valence-electron chi connectivity index (χ0n) is 19.4.